The number of fused-ring (bicyclic) bond motifs is 3. The number of ether oxygens (including phenoxy) is 1. The molecule has 1 N–H and O–H groups in total. The zero-order valence-corrected chi connectivity index (χ0v) is 15.1. The van der Waals surface area contributed by atoms with Crippen molar-refractivity contribution in [3.63, 3.8) is 0 Å². The highest BCUT2D eigenvalue weighted by atomic mass is 16.5. The largest absolute Gasteiger partial charge is 0.481 e. The number of carbonyl (C=O) groups excluding carboxylic acids is 1. The lowest BCUT2D eigenvalue weighted by Crippen LogP contribution is -2.27. The molecule has 2 unspecified atom stereocenters. The Morgan fingerprint density at radius 3 is 2.29 bits per heavy atom. The van der Waals surface area contributed by atoms with Crippen LogP contribution in [0.3, 0.4) is 0 Å². The van der Waals surface area contributed by atoms with Gasteiger partial charge in [0.1, 0.15) is 6.10 Å². The van der Waals surface area contributed by atoms with E-state index in [9.17, 15) is 4.79 Å². The Hall–Kier alpha value is -1.58. The van der Waals surface area contributed by atoms with Gasteiger partial charge in [-0.25, -0.2) is 0 Å². The molecule has 2 atom stereocenters. The van der Waals surface area contributed by atoms with Crippen LogP contribution >= 0.6 is 0 Å². The molecule has 0 aromatic carbocycles. The van der Waals surface area contributed by atoms with Crippen molar-refractivity contribution < 1.29 is 19.4 Å². The van der Waals surface area contributed by atoms with E-state index in [1.165, 1.54) is 38.5 Å². The number of esters is 1. The predicted molar refractivity (Wildman–Crippen MR) is 95.7 cm³/mol. The van der Waals surface area contributed by atoms with Crippen LogP contribution < -0.4 is 0 Å². The second-order valence-corrected chi connectivity index (χ2v) is 7.01. The number of hydrogen-bond donors (Lipinski definition) is 1. The Morgan fingerprint density at radius 1 is 1.12 bits per heavy atom. The minimum atomic E-state index is -0.833. The van der Waals surface area contributed by atoms with Crippen LogP contribution in [0.1, 0.15) is 78.1 Å². The van der Waals surface area contributed by atoms with Crippen molar-refractivity contribution in [1.29, 1.82) is 0 Å². The average Bonchev–Trinajstić information content (AvgIpc) is 2.65. The van der Waals surface area contributed by atoms with Crippen molar-refractivity contribution in [3.05, 3.63) is 24.3 Å². The molecule has 3 aliphatic rings. The van der Waals surface area contributed by atoms with Crippen LogP contribution in [0.15, 0.2) is 24.3 Å². The molecule has 2 bridgehead atoms. The number of carboxylic acid groups (broad SMARTS) is 1. The van der Waals surface area contributed by atoms with E-state index in [1.807, 2.05) is 13.0 Å². The monoisotopic (exact) mass is 336 g/mol. The van der Waals surface area contributed by atoms with E-state index >= 15 is 0 Å². The van der Waals surface area contributed by atoms with Gasteiger partial charge in [0.15, 0.2) is 0 Å². The summed E-state index contributed by atoms with van der Waals surface area (Å²) in [5.74, 6) is -0.838. The highest BCUT2D eigenvalue weighted by Crippen LogP contribution is 2.37. The van der Waals surface area contributed by atoms with E-state index in [0.717, 1.165) is 32.6 Å². The third-order valence-electron chi connectivity index (χ3n) is 4.55. The zero-order chi connectivity index (χ0) is 17.8. The second-order valence-electron chi connectivity index (χ2n) is 7.01. The van der Waals surface area contributed by atoms with Crippen molar-refractivity contribution in [2.75, 3.05) is 0 Å². The lowest BCUT2D eigenvalue weighted by molar-refractivity contribution is -0.155. The molecule has 0 aromatic rings. The fourth-order valence-corrected chi connectivity index (χ4v) is 3.05. The third-order valence-corrected chi connectivity index (χ3v) is 4.55. The van der Waals surface area contributed by atoms with Crippen LogP contribution in [-0.4, -0.2) is 23.1 Å². The molecule has 1 fully saturated rings. The first kappa shape index (κ1) is 20.5. The van der Waals surface area contributed by atoms with Crippen LogP contribution in [0.25, 0.3) is 0 Å². The highest BCUT2D eigenvalue weighted by molar-refractivity contribution is 5.77. The number of allylic oxidation sites excluding steroid dienone is 3. The van der Waals surface area contributed by atoms with E-state index in [-0.39, 0.29) is 17.5 Å². The van der Waals surface area contributed by atoms with Crippen LogP contribution in [0.5, 0.6) is 0 Å². The quantitative estimate of drug-likeness (QED) is 0.497. The summed E-state index contributed by atoms with van der Waals surface area (Å²) in [6.07, 6.45) is 21.1. The van der Waals surface area contributed by atoms with Crippen molar-refractivity contribution >= 4 is 11.9 Å². The van der Waals surface area contributed by atoms with Gasteiger partial charge in [-0.2, -0.15) is 0 Å². The molecule has 2 heterocycles. The molecule has 0 aromatic heterocycles. The van der Waals surface area contributed by atoms with E-state index < -0.39 is 5.97 Å². The molecular formula is C20H32O4. The Balaban J connectivity index is 0.000000208. The van der Waals surface area contributed by atoms with Gasteiger partial charge in [-0.1, -0.05) is 31.1 Å². The van der Waals surface area contributed by atoms with Gasteiger partial charge in [-0.3, -0.25) is 9.59 Å². The summed E-state index contributed by atoms with van der Waals surface area (Å²) in [6, 6.07) is 0. The fraction of sp³-hybridized carbons (Fsp3) is 0.700. The highest BCUT2D eigenvalue weighted by Gasteiger charge is 2.38. The molecule has 0 amide bonds. The smallest absolute Gasteiger partial charge is 0.312 e. The predicted octanol–water partition coefficient (Wildman–Crippen LogP) is 5.04. The number of rotatable bonds is 0. The first-order chi connectivity index (χ1) is 11.4. The molecule has 4 nitrogen and oxygen atoms in total. The number of carboxylic acids is 1. The number of carbonyl (C=O) groups is 2. The lowest BCUT2D eigenvalue weighted by Gasteiger charge is -2.21. The SMILES string of the molecule is C1=CCCCCCC1.CC(=O)O.CC12CC=CC(CCC1)OC2=O. The molecule has 0 saturated carbocycles. The van der Waals surface area contributed by atoms with Gasteiger partial charge in [0.05, 0.1) is 5.41 Å². The lowest BCUT2D eigenvalue weighted by atomic mass is 9.81. The van der Waals surface area contributed by atoms with Gasteiger partial charge in [-0.05, 0) is 64.4 Å². The maximum absolute atomic E-state index is 11.6. The fourth-order valence-electron chi connectivity index (χ4n) is 3.05. The second kappa shape index (κ2) is 11.1. The topological polar surface area (TPSA) is 63.6 Å². The summed E-state index contributed by atoms with van der Waals surface area (Å²) in [6.45, 7) is 3.09. The zero-order valence-electron chi connectivity index (χ0n) is 15.1. The van der Waals surface area contributed by atoms with Crippen molar-refractivity contribution in [2.24, 2.45) is 5.41 Å². The molecule has 1 aliphatic carbocycles. The van der Waals surface area contributed by atoms with Crippen LogP contribution in [0.4, 0.5) is 0 Å². The van der Waals surface area contributed by atoms with Gasteiger partial charge in [0.25, 0.3) is 5.97 Å². The molecular weight excluding hydrogens is 304 g/mol. The Kier molecular flexibility index (Phi) is 9.43. The van der Waals surface area contributed by atoms with Gasteiger partial charge in [-0.15, -0.1) is 0 Å². The molecule has 0 spiro atoms. The normalized spacial score (nSPS) is 28.6. The molecule has 3 rings (SSSR count). The number of aliphatic carboxylic acids is 1. The summed E-state index contributed by atoms with van der Waals surface area (Å²) in [5, 5.41) is 7.42. The summed E-state index contributed by atoms with van der Waals surface area (Å²) >= 11 is 0. The molecule has 4 heteroatoms. The molecule has 0 radical (unpaired) electrons. The van der Waals surface area contributed by atoms with Crippen LogP contribution in [0, 0.1) is 5.41 Å². The van der Waals surface area contributed by atoms with Crippen molar-refractivity contribution in [3.8, 4) is 0 Å². The minimum absolute atomic E-state index is 0.00463. The molecule has 2 aliphatic heterocycles. The van der Waals surface area contributed by atoms with Gasteiger partial charge in [0, 0.05) is 6.92 Å². The summed E-state index contributed by atoms with van der Waals surface area (Å²) in [4.78, 5) is 20.6. The van der Waals surface area contributed by atoms with E-state index in [4.69, 9.17) is 14.6 Å². The molecule has 24 heavy (non-hydrogen) atoms. The maximum atomic E-state index is 11.6. The van der Waals surface area contributed by atoms with Gasteiger partial charge in [0.2, 0.25) is 0 Å². The number of hydrogen-bond acceptors (Lipinski definition) is 3. The van der Waals surface area contributed by atoms with Gasteiger partial charge >= 0.3 is 5.97 Å². The van der Waals surface area contributed by atoms with Gasteiger partial charge < -0.3 is 9.84 Å². The Bertz CT molecular complexity index is 439. The summed E-state index contributed by atoms with van der Waals surface area (Å²) in [7, 11) is 0. The van der Waals surface area contributed by atoms with E-state index in [1.54, 1.807) is 0 Å². The first-order valence-corrected chi connectivity index (χ1v) is 9.16. The molecule has 136 valence electrons. The van der Waals surface area contributed by atoms with Crippen LogP contribution in [-0.2, 0) is 14.3 Å². The van der Waals surface area contributed by atoms with Crippen LogP contribution in [0.2, 0.25) is 0 Å². The Labute approximate surface area is 146 Å². The Morgan fingerprint density at radius 2 is 1.71 bits per heavy atom. The van der Waals surface area contributed by atoms with Crippen molar-refractivity contribution in [1.82, 2.24) is 0 Å². The van der Waals surface area contributed by atoms with Crippen molar-refractivity contribution in [2.45, 2.75) is 84.2 Å². The van der Waals surface area contributed by atoms with E-state index in [0.29, 0.717) is 0 Å². The third kappa shape index (κ3) is 8.32. The summed E-state index contributed by atoms with van der Waals surface area (Å²) < 4.78 is 5.31. The first-order valence-electron chi connectivity index (χ1n) is 9.16. The molecule has 1 saturated heterocycles. The standard InChI is InChI=1S/C10H14O2.C8H14.C2H4O2/c1-10-6-2-4-8(5-3-7-10)12-9(10)11;1-2-4-6-8-7-5-3-1;1-2(3)4/h2,4,8H,3,5-7H2,1H3;1-2H,3-8H2;1H3,(H,3,4). The van der Waals surface area contributed by atoms with E-state index in [2.05, 4.69) is 18.2 Å². The maximum Gasteiger partial charge on any atom is 0.312 e. The summed E-state index contributed by atoms with van der Waals surface area (Å²) in [5.41, 5.74) is -0.234. The average molecular weight is 336 g/mol. The minimum Gasteiger partial charge on any atom is -0.481 e.